The molecule has 1 heterocycles. The van der Waals surface area contributed by atoms with Crippen molar-refractivity contribution >= 4 is 15.9 Å². The Morgan fingerprint density at radius 3 is 2.56 bits per heavy atom. The van der Waals surface area contributed by atoms with Crippen LogP contribution < -0.4 is 11.3 Å². The summed E-state index contributed by atoms with van der Waals surface area (Å²) in [4.78, 5) is 4.17. The third kappa shape index (κ3) is 3.85. The van der Waals surface area contributed by atoms with E-state index in [2.05, 4.69) is 46.3 Å². The van der Waals surface area contributed by atoms with Crippen LogP contribution in [0.1, 0.15) is 32.3 Å². The highest BCUT2D eigenvalue weighted by Gasteiger charge is 2.17. The topological polar surface area (TPSA) is 50.9 Å². The maximum Gasteiger partial charge on any atom is 0.0410 e. The van der Waals surface area contributed by atoms with E-state index in [-0.39, 0.29) is 0 Å². The Morgan fingerprint density at radius 1 is 1.38 bits per heavy atom. The van der Waals surface area contributed by atoms with E-state index in [1.165, 1.54) is 5.56 Å². The third-order valence-electron chi connectivity index (χ3n) is 3.05. The number of hydrazine groups is 1. The van der Waals surface area contributed by atoms with Gasteiger partial charge in [0, 0.05) is 22.9 Å². The molecule has 16 heavy (non-hydrogen) atoms. The average molecular weight is 286 g/mol. The van der Waals surface area contributed by atoms with Crippen LogP contribution >= 0.6 is 15.9 Å². The van der Waals surface area contributed by atoms with E-state index in [4.69, 9.17) is 5.84 Å². The van der Waals surface area contributed by atoms with Gasteiger partial charge in [-0.2, -0.15) is 0 Å². The molecule has 1 unspecified atom stereocenters. The Kier molecular flexibility index (Phi) is 5.95. The van der Waals surface area contributed by atoms with Gasteiger partial charge in [-0.1, -0.05) is 26.7 Å². The molecule has 0 amide bonds. The predicted octanol–water partition coefficient (Wildman–Crippen LogP) is 2.65. The third-order valence-corrected chi connectivity index (χ3v) is 3.48. The monoisotopic (exact) mass is 285 g/mol. The van der Waals surface area contributed by atoms with Gasteiger partial charge < -0.3 is 0 Å². The average Bonchev–Trinajstić information content (AvgIpc) is 2.29. The van der Waals surface area contributed by atoms with Crippen molar-refractivity contribution in [3.8, 4) is 0 Å². The van der Waals surface area contributed by atoms with Crippen molar-refractivity contribution in [1.82, 2.24) is 10.4 Å². The number of rotatable bonds is 6. The standard InChI is InChI=1S/C12H20BrN3/c1-3-10(4-2)12(16-14)6-9-5-11(13)8-15-7-9/h5,7-8,10,12,16H,3-4,6,14H2,1-2H3. The molecule has 90 valence electrons. The predicted molar refractivity (Wildman–Crippen MR) is 70.8 cm³/mol. The zero-order chi connectivity index (χ0) is 12.0. The van der Waals surface area contributed by atoms with Gasteiger partial charge in [0.25, 0.3) is 0 Å². The molecule has 4 heteroatoms. The first-order valence-electron chi connectivity index (χ1n) is 5.76. The van der Waals surface area contributed by atoms with Crippen LogP contribution in [0.2, 0.25) is 0 Å². The SMILES string of the molecule is CCC(CC)C(Cc1cncc(Br)c1)NN. The molecule has 0 aliphatic heterocycles. The number of pyridine rings is 1. The van der Waals surface area contributed by atoms with Gasteiger partial charge in [0.1, 0.15) is 0 Å². The van der Waals surface area contributed by atoms with Crippen LogP contribution in [0.15, 0.2) is 22.9 Å². The highest BCUT2D eigenvalue weighted by Crippen LogP contribution is 2.18. The van der Waals surface area contributed by atoms with Gasteiger partial charge in [-0.05, 0) is 39.9 Å². The lowest BCUT2D eigenvalue weighted by molar-refractivity contribution is 0.335. The van der Waals surface area contributed by atoms with Crippen molar-refractivity contribution in [2.24, 2.45) is 11.8 Å². The molecule has 0 aliphatic rings. The molecule has 0 fully saturated rings. The Bertz CT molecular complexity index is 313. The van der Waals surface area contributed by atoms with Crippen molar-refractivity contribution in [1.29, 1.82) is 0 Å². The largest absolute Gasteiger partial charge is 0.271 e. The van der Waals surface area contributed by atoms with E-state index in [9.17, 15) is 0 Å². The summed E-state index contributed by atoms with van der Waals surface area (Å²) in [5.74, 6) is 6.24. The second-order valence-corrected chi connectivity index (χ2v) is 4.98. The summed E-state index contributed by atoms with van der Waals surface area (Å²) in [6.07, 6.45) is 6.91. The van der Waals surface area contributed by atoms with E-state index in [0.717, 1.165) is 23.7 Å². The van der Waals surface area contributed by atoms with Crippen molar-refractivity contribution in [2.45, 2.75) is 39.2 Å². The van der Waals surface area contributed by atoms with E-state index < -0.39 is 0 Å². The smallest absolute Gasteiger partial charge is 0.0410 e. The van der Waals surface area contributed by atoms with Gasteiger partial charge in [-0.25, -0.2) is 0 Å². The van der Waals surface area contributed by atoms with Crippen LogP contribution in [0, 0.1) is 5.92 Å². The second kappa shape index (κ2) is 6.99. The van der Waals surface area contributed by atoms with E-state index in [1.54, 1.807) is 6.20 Å². The molecular formula is C12H20BrN3. The molecule has 1 atom stereocenters. The van der Waals surface area contributed by atoms with Crippen molar-refractivity contribution in [2.75, 3.05) is 0 Å². The molecule has 1 rings (SSSR count). The van der Waals surface area contributed by atoms with Gasteiger partial charge in [0.05, 0.1) is 0 Å². The summed E-state index contributed by atoms with van der Waals surface area (Å²) in [7, 11) is 0. The highest BCUT2D eigenvalue weighted by molar-refractivity contribution is 9.10. The van der Waals surface area contributed by atoms with Gasteiger partial charge in [0.15, 0.2) is 0 Å². The first kappa shape index (κ1) is 13.6. The summed E-state index contributed by atoms with van der Waals surface area (Å²) in [6, 6.07) is 2.42. The lowest BCUT2D eigenvalue weighted by atomic mass is 9.90. The number of aromatic nitrogens is 1. The molecule has 0 bridgehead atoms. The number of nitrogens with zero attached hydrogens (tertiary/aromatic N) is 1. The molecule has 3 nitrogen and oxygen atoms in total. The summed E-state index contributed by atoms with van der Waals surface area (Å²) < 4.78 is 1.02. The molecule has 1 aromatic rings. The number of nitrogens with two attached hydrogens (primary N) is 1. The normalized spacial score (nSPS) is 13.1. The number of halogens is 1. The van der Waals surface area contributed by atoms with Crippen LogP contribution in [0.5, 0.6) is 0 Å². The van der Waals surface area contributed by atoms with Crippen LogP contribution in [-0.4, -0.2) is 11.0 Å². The molecule has 0 aromatic carbocycles. The summed E-state index contributed by atoms with van der Waals surface area (Å²) in [6.45, 7) is 4.41. The molecule has 3 N–H and O–H groups in total. The van der Waals surface area contributed by atoms with Gasteiger partial charge >= 0.3 is 0 Å². The van der Waals surface area contributed by atoms with Crippen molar-refractivity contribution in [3.63, 3.8) is 0 Å². The minimum atomic E-state index is 0.325. The number of hydrogen-bond acceptors (Lipinski definition) is 3. The quantitative estimate of drug-likeness (QED) is 0.624. The van der Waals surface area contributed by atoms with Gasteiger partial charge in [-0.3, -0.25) is 16.3 Å². The minimum Gasteiger partial charge on any atom is -0.271 e. The molecule has 0 radical (unpaired) electrons. The Hall–Kier alpha value is -0.450. The van der Waals surface area contributed by atoms with Crippen LogP contribution in [0.25, 0.3) is 0 Å². The van der Waals surface area contributed by atoms with E-state index in [1.807, 2.05) is 6.20 Å². The van der Waals surface area contributed by atoms with Gasteiger partial charge in [-0.15, -0.1) is 0 Å². The first-order valence-corrected chi connectivity index (χ1v) is 6.56. The zero-order valence-electron chi connectivity index (χ0n) is 9.91. The fourth-order valence-corrected chi connectivity index (χ4v) is 2.45. The number of hydrogen-bond donors (Lipinski definition) is 2. The fraction of sp³-hybridized carbons (Fsp3) is 0.583. The Balaban J connectivity index is 2.69. The van der Waals surface area contributed by atoms with Crippen LogP contribution in [0.4, 0.5) is 0 Å². The summed E-state index contributed by atoms with van der Waals surface area (Å²) in [5, 5.41) is 0. The molecule has 0 aliphatic carbocycles. The number of nitrogens with one attached hydrogen (secondary N) is 1. The lowest BCUT2D eigenvalue weighted by Gasteiger charge is -2.24. The zero-order valence-corrected chi connectivity index (χ0v) is 11.5. The highest BCUT2D eigenvalue weighted by atomic mass is 79.9. The molecule has 0 saturated heterocycles. The molecule has 0 spiro atoms. The molecular weight excluding hydrogens is 266 g/mol. The summed E-state index contributed by atoms with van der Waals surface area (Å²) >= 11 is 3.43. The summed E-state index contributed by atoms with van der Waals surface area (Å²) in [5.41, 5.74) is 4.14. The Labute approximate surface area is 106 Å². The van der Waals surface area contributed by atoms with Gasteiger partial charge in [0.2, 0.25) is 0 Å². The van der Waals surface area contributed by atoms with Crippen LogP contribution in [-0.2, 0) is 6.42 Å². The van der Waals surface area contributed by atoms with Crippen molar-refractivity contribution in [3.05, 3.63) is 28.5 Å². The lowest BCUT2D eigenvalue weighted by Crippen LogP contribution is -2.42. The second-order valence-electron chi connectivity index (χ2n) is 4.07. The van der Waals surface area contributed by atoms with Crippen molar-refractivity contribution < 1.29 is 0 Å². The molecule has 1 aromatic heterocycles. The maximum atomic E-state index is 5.63. The fourth-order valence-electron chi connectivity index (χ4n) is 2.04. The maximum absolute atomic E-state index is 5.63. The minimum absolute atomic E-state index is 0.325. The van der Waals surface area contributed by atoms with Crippen LogP contribution in [0.3, 0.4) is 0 Å². The van der Waals surface area contributed by atoms with E-state index in [0.29, 0.717) is 12.0 Å². The first-order chi connectivity index (χ1) is 7.71. The molecule has 0 saturated carbocycles. The Morgan fingerprint density at radius 2 is 2.06 bits per heavy atom. The van der Waals surface area contributed by atoms with E-state index >= 15 is 0 Å².